The molecule has 6 nitrogen and oxygen atoms in total. The van der Waals surface area contributed by atoms with E-state index in [9.17, 15) is 19.2 Å². The third-order valence-electron chi connectivity index (χ3n) is 5.03. The summed E-state index contributed by atoms with van der Waals surface area (Å²) in [5, 5.41) is 10.8. The molecule has 0 heterocycles. The predicted molar refractivity (Wildman–Crippen MR) is 132 cm³/mol. The fourth-order valence-corrected chi connectivity index (χ4v) is 3.00. The Hall–Kier alpha value is -3.54. The minimum absolute atomic E-state index is 0.0908. The van der Waals surface area contributed by atoms with Gasteiger partial charge in [-0.15, -0.1) is 13.2 Å². The Balaban J connectivity index is 0.00000111. The molecular formula is C27H35NO5. The number of ketones is 2. The van der Waals surface area contributed by atoms with Crippen molar-refractivity contribution in [3.05, 3.63) is 84.0 Å². The molecule has 1 aromatic rings. The average Bonchev–Trinajstić information content (AvgIpc) is 2.84. The molecule has 0 aliphatic heterocycles. The van der Waals surface area contributed by atoms with Gasteiger partial charge >= 0.3 is 5.97 Å². The lowest BCUT2D eigenvalue weighted by Gasteiger charge is -2.18. The third-order valence-corrected chi connectivity index (χ3v) is 5.03. The van der Waals surface area contributed by atoms with E-state index in [1.807, 2.05) is 26.0 Å². The van der Waals surface area contributed by atoms with Gasteiger partial charge in [-0.25, -0.2) is 0 Å². The van der Waals surface area contributed by atoms with Crippen molar-refractivity contribution in [2.75, 3.05) is 6.54 Å². The van der Waals surface area contributed by atoms with Crippen molar-refractivity contribution >= 4 is 23.4 Å². The van der Waals surface area contributed by atoms with Crippen molar-refractivity contribution in [2.45, 2.75) is 52.9 Å². The molecule has 0 radical (unpaired) electrons. The number of carbonyl (C=O) groups is 4. The van der Waals surface area contributed by atoms with Crippen molar-refractivity contribution in [1.82, 2.24) is 5.32 Å². The molecule has 0 saturated carbocycles. The van der Waals surface area contributed by atoms with Gasteiger partial charge in [0, 0.05) is 28.7 Å². The monoisotopic (exact) mass is 453 g/mol. The fraction of sp³-hybridized carbons (Fsp3) is 0.333. The number of carboxylic acids is 1. The molecule has 178 valence electrons. The molecule has 0 unspecified atom stereocenters. The number of carboxylic acid groups (broad SMARTS) is 1. The molecule has 33 heavy (non-hydrogen) atoms. The number of allylic oxidation sites excluding steroid dienone is 5. The van der Waals surface area contributed by atoms with Gasteiger partial charge in [-0.2, -0.15) is 0 Å². The Kier molecular flexibility index (Phi) is 14.4. The number of unbranched alkanes of at least 4 members (excludes halogenated alkanes) is 2. The smallest absolute Gasteiger partial charge is 0.322 e. The molecule has 0 spiro atoms. The maximum atomic E-state index is 12.6. The van der Waals surface area contributed by atoms with E-state index in [0.29, 0.717) is 41.5 Å². The van der Waals surface area contributed by atoms with Crippen LogP contribution in [0.25, 0.3) is 0 Å². The van der Waals surface area contributed by atoms with E-state index in [-0.39, 0.29) is 30.4 Å². The molecule has 1 aliphatic rings. The van der Waals surface area contributed by atoms with Gasteiger partial charge in [-0.05, 0) is 40.0 Å². The minimum atomic E-state index is -1.07. The lowest BCUT2D eigenvalue weighted by molar-refractivity contribution is -0.137. The summed E-state index contributed by atoms with van der Waals surface area (Å²) in [6, 6.07) is 6.84. The van der Waals surface area contributed by atoms with Crippen LogP contribution in [0.1, 0.15) is 73.6 Å². The maximum Gasteiger partial charge on any atom is 0.322 e. The summed E-state index contributed by atoms with van der Waals surface area (Å²) in [6.45, 7) is 14.9. The van der Waals surface area contributed by atoms with E-state index in [0.717, 1.165) is 6.42 Å². The van der Waals surface area contributed by atoms with Crippen molar-refractivity contribution in [3.63, 3.8) is 0 Å². The quantitative estimate of drug-likeness (QED) is 0.293. The van der Waals surface area contributed by atoms with Gasteiger partial charge in [0.15, 0.2) is 11.6 Å². The molecule has 0 atom stereocenters. The van der Waals surface area contributed by atoms with Crippen LogP contribution in [-0.2, 0) is 9.59 Å². The SMILES string of the molecule is C=C.C=C/C(C)=C\C.CC1=C(CCCCCC(=O)NCC(=O)O)C(=O)c2ccccc2C1=O. The molecule has 1 aliphatic carbocycles. The standard InChI is InChI=1S/C19H21NO5.C6H10.C2H4/c1-12-13(7-3-2-4-10-16(21)20-11-17(22)23)19(25)15-9-6-5-8-14(15)18(12)24;1-4-6(3)5-2;1-2/h5-6,8-9H,2-4,7,10-11H2,1H3,(H,20,21)(H,22,23);4-5H,1H2,2-3H3;1-2H2/b;6-5-;. The first-order chi connectivity index (χ1) is 15.7. The molecule has 2 N–H and O–H groups in total. The first kappa shape index (κ1) is 29.5. The normalized spacial score (nSPS) is 12.5. The summed E-state index contributed by atoms with van der Waals surface area (Å²) in [5.41, 5.74) is 3.21. The van der Waals surface area contributed by atoms with Crippen LogP contribution in [0.3, 0.4) is 0 Å². The molecular weight excluding hydrogens is 418 g/mol. The van der Waals surface area contributed by atoms with Gasteiger partial charge in [0.25, 0.3) is 0 Å². The number of aliphatic carboxylic acids is 1. The van der Waals surface area contributed by atoms with E-state index in [2.05, 4.69) is 25.1 Å². The predicted octanol–water partition coefficient (Wildman–Crippen LogP) is 5.47. The van der Waals surface area contributed by atoms with Crippen LogP contribution in [0.4, 0.5) is 0 Å². The van der Waals surface area contributed by atoms with Crippen LogP contribution < -0.4 is 5.32 Å². The highest BCUT2D eigenvalue weighted by atomic mass is 16.4. The Bertz CT molecular complexity index is 924. The zero-order valence-corrected chi connectivity index (χ0v) is 19.9. The van der Waals surface area contributed by atoms with Crippen LogP contribution in [0.15, 0.2) is 72.9 Å². The number of Topliss-reactive ketones (excluding diaryl/α,β-unsaturated/α-hetero) is 2. The molecule has 0 aromatic heterocycles. The molecule has 1 aromatic carbocycles. The first-order valence-electron chi connectivity index (χ1n) is 10.8. The number of amides is 1. The number of rotatable bonds is 9. The maximum absolute atomic E-state index is 12.6. The van der Waals surface area contributed by atoms with Crippen molar-refractivity contribution in [2.24, 2.45) is 0 Å². The van der Waals surface area contributed by atoms with Crippen LogP contribution in [0, 0.1) is 0 Å². The minimum Gasteiger partial charge on any atom is -0.480 e. The van der Waals surface area contributed by atoms with Gasteiger partial charge in [-0.1, -0.05) is 55.0 Å². The van der Waals surface area contributed by atoms with Crippen LogP contribution in [0.5, 0.6) is 0 Å². The zero-order chi connectivity index (χ0) is 25.4. The number of hydrogen-bond acceptors (Lipinski definition) is 4. The molecule has 0 bridgehead atoms. The summed E-state index contributed by atoms with van der Waals surface area (Å²) < 4.78 is 0. The van der Waals surface area contributed by atoms with Crippen LogP contribution in [0.2, 0.25) is 0 Å². The Morgan fingerprint density at radius 1 is 1.03 bits per heavy atom. The van der Waals surface area contributed by atoms with E-state index in [4.69, 9.17) is 5.11 Å². The second kappa shape index (κ2) is 16.1. The van der Waals surface area contributed by atoms with Gasteiger partial charge in [0.1, 0.15) is 6.54 Å². The second-order valence-corrected chi connectivity index (χ2v) is 7.28. The molecule has 0 saturated heterocycles. The molecule has 0 fully saturated rings. The second-order valence-electron chi connectivity index (χ2n) is 7.28. The van der Waals surface area contributed by atoms with Gasteiger partial charge < -0.3 is 10.4 Å². The highest BCUT2D eigenvalue weighted by molar-refractivity contribution is 6.26. The molecule has 6 heteroatoms. The van der Waals surface area contributed by atoms with Gasteiger partial charge in [-0.3, -0.25) is 19.2 Å². The Morgan fingerprint density at radius 2 is 1.61 bits per heavy atom. The lowest BCUT2D eigenvalue weighted by atomic mass is 9.83. The summed E-state index contributed by atoms with van der Waals surface area (Å²) >= 11 is 0. The first-order valence-corrected chi connectivity index (χ1v) is 10.8. The molecule has 2 rings (SSSR count). The summed E-state index contributed by atoms with van der Waals surface area (Å²) in [6.07, 6.45) is 6.63. The van der Waals surface area contributed by atoms with E-state index in [1.165, 1.54) is 5.57 Å². The summed E-state index contributed by atoms with van der Waals surface area (Å²) in [7, 11) is 0. The Morgan fingerprint density at radius 3 is 2.09 bits per heavy atom. The van der Waals surface area contributed by atoms with Gasteiger partial charge in [0.05, 0.1) is 0 Å². The number of hydrogen-bond donors (Lipinski definition) is 2. The number of fused-ring (bicyclic) bond motifs is 1. The zero-order valence-electron chi connectivity index (χ0n) is 19.9. The lowest BCUT2D eigenvalue weighted by Crippen LogP contribution is -2.28. The largest absolute Gasteiger partial charge is 0.480 e. The van der Waals surface area contributed by atoms with Crippen LogP contribution in [-0.4, -0.2) is 35.1 Å². The van der Waals surface area contributed by atoms with E-state index >= 15 is 0 Å². The number of benzene rings is 1. The fourth-order valence-electron chi connectivity index (χ4n) is 3.00. The van der Waals surface area contributed by atoms with Crippen molar-refractivity contribution < 1.29 is 24.3 Å². The molecule has 1 amide bonds. The van der Waals surface area contributed by atoms with Crippen LogP contribution >= 0.6 is 0 Å². The van der Waals surface area contributed by atoms with Crippen molar-refractivity contribution in [3.8, 4) is 0 Å². The summed E-state index contributed by atoms with van der Waals surface area (Å²) in [4.78, 5) is 46.7. The highest BCUT2D eigenvalue weighted by Crippen LogP contribution is 2.29. The summed E-state index contributed by atoms with van der Waals surface area (Å²) in [5.74, 6) is -1.56. The topological polar surface area (TPSA) is 101 Å². The number of nitrogens with one attached hydrogen (secondary N) is 1. The highest BCUT2D eigenvalue weighted by Gasteiger charge is 2.28. The van der Waals surface area contributed by atoms with E-state index in [1.54, 1.807) is 31.2 Å². The van der Waals surface area contributed by atoms with E-state index < -0.39 is 5.97 Å². The van der Waals surface area contributed by atoms with Gasteiger partial charge in [0.2, 0.25) is 5.91 Å². The van der Waals surface area contributed by atoms with Crippen molar-refractivity contribution in [1.29, 1.82) is 0 Å². The number of carbonyl (C=O) groups excluding carboxylic acids is 3. The third kappa shape index (κ3) is 10.1. The average molecular weight is 454 g/mol. The Labute approximate surface area is 196 Å².